The van der Waals surface area contributed by atoms with E-state index in [2.05, 4.69) is 15.6 Å². The third-order valence-corrected chi connectivity index (χ3v) is 8.67. The van der Waals surface area contributed by atoms with Gasteiger partial charge in [0.05, 0.1) is 30.8 Å². The van der Waals surface area contributed by atoms with Crippen LogP contribution in [-0.4, -0.2) is 62.0 Å². The minimum absolute atomic E-state index is 0.00228. The average Bonchev–Trinajstić information content (AvgIpc) is 3.28. The summed E-state index contributed by atoms with van der Waals surface area (Å²) < 4.78 is 34.6. The van der Waals surface area contributed by atoms with Gasteiger partial charge in [-0.15, -0.1) is 0 Å². The molecule has 182 valence electrons. The van der Waals surface area contributed by atoms with Gasteiger partial charge < -0.3 is 20.1 Å². The predicted octanol–water partition coefficient (Wildman–Crippen LogP) is 3.14. The highest BCUT2D eigenvalue weighted by atomic mass is 32.2. The number of nitrogens with one attached hydrogen (secondary N) is 2. The van der Waals surface area contributed by atoms with Crippen LogP contribution in [0.5, 0.6) is 11.5 Å². The van der Waals surface area contributed by atoms with Crippen LogP contribution in [0.1, 0.15) is 29.8 Å². The monoisotopic (exact) mass is 503 g/mol. The third-order valence-electron chi connectivity index (χ3n) is 5.52. The Bertz CT molecular complexity index is 1170. The number of hydrogen-bond donors (Lipinski definition) is 2. The van der Waals surface area contributed by atoms with Gasteiger partial charge >= 0.3 is 0 Å². The van der Waals surface area contributed by atoms with E-state index >= 15 is 0 Å². The first-order valence-corrected chi connectivity index (χ1v) is 14.1. The molecule has 10 heteroatoms. The van der Waals surface area contributed by atoms with Gasteiger partial charge in [-0.1, -0.05) is 17.8 Å². The van der Waals surface area contributed by atoms with E-state index in [0.29, 0.717) is 37.5 Å². The third kappa shape index (κ3) is 6.04. The average molecular weight is 504 g/mol. The summed E-state index contributed by atoms with van der Waals surface area (Å²) in [5.41, 5.74) is 2.43. The predicted molar refractivity (Wildman–Crippen MR) is 136 cm³/mol. The first-order chi connectivity index (χ1) is 16.4. The molecule has 0 unspecified atom stereocenters. The molecule has 2 aromatic rings. The topological polar surface area (TPSA) is 106 Å². The molecule has 0 spiro atoms. The first kappa shape index (κ1) is 24.4. The Labute approximate surface area is 204 Å². The SMILES string of the molecule is CCOc1ccc(CCNC(=O)c2ccc(NC3=N[C@H]4CS(=O)(=O)C[C@@H]4S3)cc2)cc1OCC. The van der Waals surface area contributed by atoms with E-state index in [0.717, 1.165) is 22.2 Å². The first-order valence-electron chi connectivity index (χ1n) is 11.4. The number of amides is 1. The van der Waals surface area contributed by atoms with Gasteiger partial charge in [0.1, 0.15) is 0 Å². The molecule has 34 heavy (non-hydrogen) atoms. The number of benzene rings is 2. The van der Waals surface area contributed by atoms with Gasteiger partial charge in [0, 0.05) is 23.0 Å². The van der Waals surface area contributed by atoms with Crippen LogP contribution >= 0.6 is 11.8 Å². The molecule has 0 radical (unpaired) electrons. The van der Waals surface area contributed by atoms with Crippen LogP contribution in [0.25, 0.3) is 0 Å². The van der Waals surface area contributed by atoms with Gasteiger partial charge in [0.25, 0.3) is 5.91 Å². The van der Waals surface area contributed by atoms with Crippen molar-refractivity contribution in [1.82, 2.24) is 5.32 Å². The number of nitrogens with zero attached hydrogens (tertiary/aromatic N) is 1. The van der Waals surface area contributed by atoms with Crippen LogP contribution in [0.2, 0.25) is 0 Å². The lowest BCUT2D eigenvalue weighted by Gasteiger charge is -2.13. The molecule has 2 atom stereocenters. The van der Waals surface area contributed by atoms with Crippen molar-refractivity contribution in [2.45, 2.75) is 31.6 Å². The standard InChI is InChI=1S/C24H29N3O5S2/c1-3-31-20-10-5-16(13-21(20)32-4-2)11-12-25-23(28)17-6-8-18(9-7-17)26-24-27-19-14-34(29,30)15-22(19)33-24/h5-10,13,19,22H,3-4,11-12,14-15H2,1-2H3,(H,25,28)(H,26,27)/t19-,22-/m0/s1. The number of ether oxygens (including phenoxy) is 2. The Hall–Kier alpha value is -2.72. The van der Waals surface area contributed by atoms with E-state index in [4.69, 9.17) is 9.47 Å². The lowest BCUT2D eigenvalue weighted by Crippen LogP contribution is -2.25. The number of hydrogen-bond acceptors (Lipinski definition) is 8. The van der Waals surface area contributed by atoms with Crippen molar-refractivity contribution in [3.8, 4) is 11.5 Å². The number of thioether (sulfide) groups is 1. The van der Waals surface area contributed by atoms with Gasteiger partial charge in [0.15, 0.2) is 26.5 Å². The van der Waals surface area contributed by atoms with Crippen molar-refractivity contribution in [3.05, 3.63) is 53.6 Å². The van der Waals surface area contributed by atoms with E-state index in [1.54, 1.807) is 12.1 Å². The van der Waals surface area contributed by atoms with Crippen molar-refractivity contribution in [2.24, 2.45) is 4.99 Å². The van der Waals surface area contributed by atoms with Crippen LogP contribution in [0.15, 0.2) is 47.5 Å². The molecule has 1 amide bonds. The highest BCUT2D eigenvalue weighted by Gasteiger charge is 2.42. The molecule has 1 fully saturated rings. The molecule has 4 rings (SSSR count). The minimum Gasteiger partial charge on any atom is -0.490 e. The number of rotatable bonds is 9. The summed E-state index contributed by atoms with van der Waals surface area (Å²) in [4.78, 5) is 17.0. The van der Waals surface area contributed by atoms with Gasteiger partial charge in [-0.25, -0.2) is 8.42 Å². The van der Waals surface area contributed by atoms with Crippen molar-refractivity contribution >= 4 is 38.4 Å². The van der Waals surface area contributed by atoms with Gasteiger partial charge in [0.2, 0.25) is 0 Å². The summed E-state index contributed by atoms with van der Waals surface area (Å²) in [6, 6.07) is 12.8. The Balaban J connectivity index is 1.27. The fourth-order valence-electron chi connectivity index (χ4n) is 3.92. The lowest BCUT2D eigenvalue weighted by molar-refractivity contribution is 0.0954. The molecule has 2 aliphatic heterocycles. The zero-order valence-electron chi connectivity index (χ0n) is 19.2. The summed E-state index contributed by atoms with van der Waals surface area (Å²) in [7, 11) is -2.96. The summed E-state index contributed by atoms with van der Waals surface area (Å²) in [6.45, 7) is 5.49. The smallest absolute Gasteiger partial charge is 0.251 e. The minimum atomic E-state index is -2.96. The lowest BCUT2D eigenvalue weighted by atomic mass is 10.1. The number of fused-ring (bicyclic) bond motifs is 1. The fraction of sp³-hybridized carbons (Fsp3) is 0.417. The number of carbonyl (C=O) groups is 1. The van der Waals surface area contributed by atoms with E-state index in [-0.39, 0.29) is 28.7 Å². The highest BCUT2D eigenvalue weighted by Crippen LogP contribution is 2.34. The normalized spacial score (nSPS) is 20.4. The number of sulfone groups is 1. The van der Waals surface area contributed by atoms with Crippen molar-refractivity contribution in [3.63, 3.8) is 0 Å². The molecule has 2 heterocycles. The van der Waals surface area contributed by atoms with Crippen molar-refractivity contribution in [2.75, 3.05) is 36.6 Å². The molecule has 8 nitrogen and oxygen atoms in total. The second-order valence-electron chi connectivity index (χ2n) is 8.09. The molecule has 0 bridgehead atoms. The van der Waals surface area contributed by atoms with Gasteiger partial charge in [-0.2, -0.15) is 0 Å². The molecule has 2 aliphatic rings. The van der Waals surface area contributed by atoms with Crippen LogP contribution in [0.3, 0.4) is 0 Å². The second-order valence-corrected chi connectivity index (χ2v) is 11.5. The van der Waals surface area contributed by atoms with E-state index < -0.39 is 9.84 Å². The molecule has 1 saturated heterocycles. The fourth-order valence-corrected chi connectivity index (χ4v) is 7.59. The Morgan fingerprint density at radius 2 is 1.79 bits per heavy atom. The molecular weight excluding hydrogens is 474 g/mol. The molecule has 0 aliphatic carbocycles. The summed E-state index contributed by atoms with van der Waals surface area (Å²) >= 11 is 1.47. The van der Waals surface area contributed by atoms with Crippen LogP contribution in [0, 0.1) is 0 Å². The van der Waals surface area contributed by atoms with E-state index in [1.165, 1.54) is 11.8 Å². The van der Waals surface area contributed by atoms with Crippen molar-refractivity contribution < 1.29 is 22.7 Å². The number of carbonyl (C=O) groups excluding carboxylic acids is 1. The summed E-state index contributed by atoms with van der Waals surface area (Å²) in [5, 5.41) is 6.89. The molecule has 0 aromatic heterocycles. The molecule has 0 saturated carbocycles. The number of anilines is 1. The number of amidine groups is 1. The molecule has 2 aromatic carbocycles. The molecule has 2 N–H and O–H groups in total. The Morgan fingerprint density at radius 3 is 2.50 bits per heavy atom. The largest absolute Gasteiger partial charge is 0.490 e. The Morgan fingerprint density at radius 1 is 1.06 bits per heavy atom. The zero-order chi connectivity index (χ0) is 24.1. The van der Waals surface area contributed by atoms with E-state index in [9.17, 15) is 13.2 Å². The van der Waals surface area contributed by atoms with Crippen LogP contribution in [-0.2, 0) is 16.3 Å². The maximum atomic E-state index is 12.5. The van der Waals surface area contributed by atoms with E-state index in [1.807, 2.05) is 44.2 Å². The molecular formula is C24H29N3O5S2. The highest BCUT2D eigenvalue weighted by molar-refractivity contribution is 8.15. The van der Waals surface area contributed by atoms with Crippen LogP contribution < -0.4 is 20.1 Å². The Kier molecular flexibility index (Phi) is 7.67. The summed E-state index contributed by atoms with van der Waals surface area (Å²) in [6.07, 6.45) is 0.674. The maximum Gasteiger partial charge on any atom is 0.251 e. The summed E-state index contributed by atoms with van der Waals surface area (Å²) in [5.74, 6) is 1.60. The number of aliphatic imine (C=N–C) groups is 1. The maximum absolute atomic E-state index is 12.5. The van der Waals surface area contributed by atoms with Crippen molar-refractivity contribution in [1.29, 1.82) is 0 Å². The van der Waals surface area contributed by atoms with Crippen LogP contribution in [0.4, 0.5) is 5.69 Å². The van der Waals surface area contributed by atoms with Gasteiger partial charge in [-0.3, -0.25) is 9.79 Å². The second kappa shape index (κ2) is 10.7. The zero-order valence-corrected chi connectivity index (χ0v) is 20.9. The quantitative estimate of drug-likeness (QED) is 0.542. The van der Waals surface area contributed by atoms with Gasteiger partial charge in [-0.05, 0) is 62.2 Å².